The molecule has 1 aromatic rings. The maximum absolute atomic E-state index is 13.4. The summed E-state index contributed by atoms with van der Waals surface area (Å²) in [5, 5.41) is 5.43. The predicted octanol–water partition coefficient (Wildman–Crippen LogP) is 1.19. The second-order valence-electron chi connectivity index (χ2n) is 7.02. The number of ether oxygens (including phenoxy) is 3. The molecule has 2 aliphatic heterocycles. The number of carbonyl (C=O) groups excluding carboxylic acids is 1. The largest absolute Gasteiger partial charge is 0.493 e. The van der Waals surface area contributed by atoms with E-state index >= 15 is 0 Å². The smallest absolute Gasteiger partial charge is 0.262 e. The van der Waals surface area contributed by atoms with Gasteiger partial charge in [0.2, 0.25) is 5.91 Å². The summed E-state index contributed by atoms with van der Waals surface area (Å²) in [7, 11) is 3.14. The monoisotopic (exact) mass is 399 g/mol. The molecule has 1 amide bonds. The van der Waals surface area contributed by atoms with Gasteiger partial charge < -0.3 is 19.5 Å². The number of hydrogen-bond acceptors (Lipinski definition) is 6. The molecule has 0 bridgehead atoms. The van der Waals surface area contributed by atoms with Crippen molar-refractivity contribution in [2.24, 2.45) is 0 Å². The first kappa shape index (κ1) is 20.8. The van der Waals surface area contributed by atoms with Crippen LogP contribution in [-0.4, -0.2) is 76.4 Å². The number of morpholine rings is 1. The normalized spacial score (nSPS) is 23.2. The summed E-state index contributed by atoms with van der Waals surface area (Å²) >= 11 is 0. The fourth-order valence-corrected chi connectivity index (χ4v) is 3.63. The minimum Gasteiger partial charge on any atom is -0.493 e. The molecular formula is C19H27F2N3O4. The topological polar surface area (TPSA) is 72.1 Å². The Labute approximate surface area is 163 Å². The van der Waals surface area contributed by atoms with Crippen molar-refractivity contribution in [1.29, 1.82) is 0 Å². The third kappa shape index (κ3) is 4.89. The Bertz CT molecular complexity index is 683. The SMILES string of the molecule is COc1ccc(C(CNC(=O)C2CC(F)(F)CN2)N2CCOCC2)cc1OC. The number of nitrogens with zero attached hydrogens (tertiary/aromatic N) is 1. The van der Waals surface area contributed by atoms with E-state index in [1.165, 1.54) is 0 Å². The van der Waals surface area contributed by atoms with Crippen LogP contribution < -0.4 is 20.1 Å². The van der Waals surface area contributed by atoms with E-state index < -0.39 is 30.8 Å². The van der Waals surface area contributed by atoms with Gasteiger partial charge in [0.05, 0.1) is 46.1 Å². The van der Waals surface area contributed by atoms with Crippen LogP contribution in [0.25, 0.3) is 0 Å². The maximum Gasteiger partial charge on any atom is 0.262 e. The third-order valence-electron chi connectivity index (χ3n) is 5.17. The number of halogens is 2. The lowest BCUT2D eigenvalue weighted by molar-refractivity contribution is -0.123. The molecule has 3 rings (SSSR count). The Hall–Kier alpha value is -1.97. The first-order valence-corrected chi connectivity index (χ1v) is 9.36. The van der Waals surface area contributed by atoms with Crippen LogP contribution in [0, 0.1) is 0 Å². The molecule has 2 unspecified atom stereocenters. The van der Waals surface area contributed by atoms with Gasteiger partial charge in [-0.2, -0.15) is 0 Å². The molecule has 0 aromatic heterocycles. The van der Waals surface area contributed by atoms with Gasteiger partial charge in [-0.15, -0.1) is 0 Å². The van der Waals surface area contributed by atoms with Gasteiger partial charge in [0.1, 0.15) is 0 Å². The Morgan fingerprint density at radius 3 is 2.64 bits per heavy atom. The number of nitrogens with one attached hydrogen (secondary N) is 2. The van der Waals surface area contributed by atoms with Gasteiger partial charge in [0.15, 0.2) is 11.5 Å². The third-order valence-corrected chi connectivity index (χ3v) is 5.17. The number of carbonyl (C=O) groups is 1. The van der Waals surface area contributed by atoms with Gasteiger partial charge in [-0.1, -0.05) is 6.07 Å². The molecule has 28 heavy (non-hydrogen) atoms. The van der Waals surface area contributed by atoms with Crippen molar-refractivity contribution in [2.75, 3.05) is 53.6 Å². The molecule has 156 valence electrons. The number of hydrogen-bond donors (Lipinski definition) is 2. The molecule has 1 aromatic carbocycles. The minimum absolute atomic E-state index is 0.130. The van der Waals surface area contributed by atoms with E-state index in [-0.39, 0.29) is 6.04 Å². The van der Waals surface area contributed by atoms with Crippen molar-refractivity contribution in [2.45, 2.75) is 24.4 Å². The first-order valence-electron chi connectivity index (χ1n) is 9.36. The van der Waals surface area contributed by atoms with Crippen LogP contribution in [0.3, 0.4) is 0 Å². The Balaban J connectivity index is 1.73. The zero-order chi connectivity index (χ0) is 20.1. The molecule has 2 fully saturated rings. The van der Waals surface area contributed by atoms with E-state index in [1.54, 1.807) is 14.2 Å². The molecule has 0 saturated carbocycles. The molecule has 0 spiro atoms. The number of alkyl halides is 2. The average Bonchev–Trinajstić information content (AvgIpc) is 3.08. The fraction of sp³-hybridized carbons (Fsp3) is 0.632. The number of benzene rings is 1. The molecule has 2 N–H and O–H groups in total. The van der Waals surface area contributed by atoms with E-state index in [1.807, 2.05) is 18.2 Å². The van der Waals surface area contributed by atoms with Gasteiger partial charge in [0.25, 0.3) is 5.92 Å². The maximum atomic E-state index is 13.4. The zero-order valence-electron chi connectivity index (χ0n) is 16.2. The lowest BCUT2D eigenvalue weighted by atomic mass is 10.0. The summed E-state index contributed by atoms with van der Waals surface area (Å²) in [5.74, 6) is -2.03. The van der Waals surface area contributed by atoms with Gasteiger partial charge >= 0.3 is 0 Å². The van der Waals surface area contributed by atoms with Crippen LogP contribution in [0.5, 0.6) is 11.5 Å². The van der Waals surface area contributed by atoms with Gasteiger partial charge in [-0.25, -0.2) is 8.78 Å². The van der Waals surface area contributed by atoms with Crippen LogP contribution in [0.1, 0.15) is 18.0 Å². The van der Waals surface area contributed by atoms with Crippen LogP contribution in [0.4, 0.5) is 8.78 Å². The quantitative estimate of drug-likeness (QED) is 0.718. The summed E-state index contributed by atoms with van der Waals surface area (Å²) in [6.07, 6.45) is -0.475. The van der Waals surface area contributed by atoms with E-state index in [0.29, 0.717) is 44.3 Å². The molecule has 0 radical (unpaired) electrons. The van der Waals surface area contributed by atoms with Gasteiger partial charge in [-0.05, 0) is 17.7 Å². The molecule has 2 aliphatic rings. The van der Waals surface area contributed by atoms with Crippen LogP contribution in [0.2, 0.25) is 0 Å². The number of methoxy groups -OCH3 is 2. The molecule has 2 atom stereocenters. The zero-order valence-corrected chi connectivity index (χ0v) is 16.2. The lowest BCUT2D eigenvalue weighted by Crippen LogP contribution is -2.47. The van der Waals surface area contributed by atoms with Crippen molar-refractivity contribution in [3.8, 4) is 11.5 Å². The molecule has 0 aliphatic carbocycles. The fourth-order valence-electron chi connectivity index (χ4n) is 3.63. The second-order valence-corrected chi connectivity index (χ2v) is 7.02. The van der Waals surface area contributed by atoms with E-state index in [2.05, 4.69) is 15.5 Å². The summed E-state index contributed by atoms with van der Waals surface area (Å²) in [6.45, 7) is 2.48. The Morgan fingerprint density at radius 2 is 2.04 bits per heavy atom. The number of amides is 1. The van der Waals surface area contributed by atoms with Crippen LogP contribution in [0.15, 0.2) is 18.2 Å². The van der Waals surface area contributed by atoms with E-state index in [0.717, 1.165) is 5.56 Å². The van der Waals surface area contributed by atoms with Crippen molar-refractivity contribution in [3.05, 3.63) is 23.8 Å². The molecule has 9 heteroatoms. The van der Waals surface area contributed by atoms with Crippen LogP contribution >= 0.6 is 0 Å². The highest BCUT2D eigenvalue weighted by Gasteiger charge is 2.42. The van der Waals surface area contributed by atoms with Crippen molar-refractivity contribution in [1.82, 2.24) is 15.5 Å². The summed E-state index contributed by atoms with van der Waals surface area (Å²) in [4.78, 5) is 14.6. The van der Waals surface area contributed by atoms with Crippen LogP contribution in [-0.2, 0) is 9.53 Å². The second kappa shape index (κ2) is 9.02. The van der Waals surface area contributed by atoms with Crippen molar-refractivity contribution >= 4 is 5.91 Å². The summed E-state index contributed by atoms with van der Waals surface area (Å²) in [5.41, 5.74) is 0.949. The predicted molar refractivity (Wildman–Crippen MR) is 99.0 cm³/mol. The summed E-state index contributed by atoms with van der Waals surface area (Å²) in [6, 6.07) is 4.63. The Kier molecular flexibility index (Phi) is 6.69. The first-order chi connectivity index (χ1) is 13.4. The van der Waals surface area contributed by atoms with E-state index in [4.69, 9.17) is 14.2 Å². The highest BCUT2D eigenvalue weighted by Crippen LogP contribution is 2.32. The molecular weight excluding hydrogens is 372 g/mol. The average molecular weight is 399 g/mol. The van der Waals surface area contributed by atoms with E-state index in [9.17, 15) is 13.6 Å². The highest BCUT2D eigenvalue weighted by atomic mass is 19.3. The molecule has 7 nitrogen and oxygen atoms in total. The van der Waals surface area contributed by atoms with Gasteiger partial charge in [-0.3, -0.25) is 15.0 Å². The summed E-state index contributed by atoms with van der Waals surface area (Å²) < 4.78 is 42.9. The molecule has 2 heterocycles. The van der Waals surface area contributed by atoms with Gasteiger partial charge in [0, 0.05) is 26.1 Å². The Morgan fingerprint density at radius 1 is 1.32 bits per heavy atom. The minimum atomic E-state index is -2.84. The lowest BCUT2D eigenvalue weighted by Gasteiger charge is -2.35. The van der Waals surface area contributed by atoms with Crippen molar-refractivity contribution < 1.29 is 27.8 Å². The standard InChI is InChI=1S/C19H27F2N3O4/c1-26-16-4-3-13(9-17(16)27-2)15(24-5-7-28-8-6-24)11-22-18(25)14-10-19(20,21)12-23-14/h3-4,9,14-15,23H,5-8,10-12H2,1-2H3,(H,22,25). The van der Waals surface area contributed by atoms with Crippen molar-refractivity contribution in [3.63, 3.8) is 0 Å². The highest BCUT2D eigenvalue weighted by molar-refractivity contribution is 5.82. The molecule has 2 saturated heterocycles. The number of rotatable bonds is 7.